The summed E-state index contributed by atoms with van der Waals surface area (Å²) in [7, 11) is 1.79. The van der Waals surface area contributed by atoms with E-state index in [2.05, 4.69) is 24.1 Å². The summed E-state index contributed by atoms with van der Waals surface area (Å²) >= 11 is 0. The molecule has 1 saturated heterocycles. The highest BCUT2D eigenvalue weighted by Crippen LogP contribution is 2.32. The molecule has 0 spiro atoms. The van der Waals surface area contributed by atoms with Crippen LogP contribution in [0.3, 0.4) is 0 Å². The molecule has 2 aromatic carbocycles. The van der Waals surface area contributed by atoms with Crippen LogP contribution in [0.1, 0.15) is 61.1 Å². The predicted molar refractivity (Wildman–Crippen MR) is 132 cm³/mol. The van der Waals surface area contributed by atoms with Gasteiger partial charge in [0.1, 0.15) is 0 Å². The van der Waals surface area contributed by atoms with E-state index in [0.29, 0.717) is 22.5 Å². The second-order valence-corrected chi connectivity index (χ2v) is 9.93. The number of carboxylic acid groups (broad SMARTS) is 1. The molecule has 0 aliphatic carbocycles. The monoisotopic (exact) mass is 448 g/mol. The van der Waals surface area contributed by atoms with Gasteiger partial charge in [0.05, 0.1) is 22.5 Å². The Balaban J connectivity index is 1.83. The molecule has 0 saturated carbocycles. The van der Waals surface area contributed by atoms with Crippen LogP contribution in [0.4, 0.5) is 11.6 Å². The Morgan fingerprint density at radius 1 is 1.24 bits per heavy atom. The SMILES string of the molecule is Cc1cc(C(C)Nc2ccccc2C(=O)O)c2nc(N3CCCC(C)(C)C3)n(C)c(=O)c2c1. The fourth-order valence-electron chi connectivity index (χ4n) is 4.85. The molecule has 1 aliphatic rings. The molecule has 7 heteroatoms. The molecule has 7 nitrogen and oxygen atoms in total. The summed E-state index contributed by atoms with van der Waals surface area (Å²) in [6, 6.07) is 10.5. The molecule has 1 fully saturated rings. The van der Waals surface area contributed by atoms with Crippen LogP contribution in [0.15, 0.2) is 41.2 Å². The van der Waals surface area contributed by atoms with Crippen molar-refractivity contribution in [1.82, 2.24) is 9.55 Å². The van der Waals surface area contributed by atoms with Crippen LogP contribution in [0.25, 0.3) is 10.9 Å². The third kappa shape index (κ3) is 4.45. The largest absolute Gasteiger partial charge is 0.478 e. The minimum absolute atomic E-state index is 0.0681. The van der Waals surface area contributed by atoms with Crippen molar-refractivity contribution >= 4 is 28.5 Å². The Morgan fingerprint density at radius 2 is 1.97 bits per heavy atom. The van der Waals surface area contributed by atoms with Gasteiger partial charge in [-0.15, -0.1) is 0 Å². The van der Waals surface area contributed by atoms with Crippen LogP contribution in [0, 0.1) is 12.3 Å². The molecule has 1 aromatic heterocycles. The lowest BCUT2D eigenvalue weighted by Gasteiger charge is -2.39. The molecule has 1 atom stereocenters. The van der Waals surface area contributed by atoms with Crippen molar-refractivity contribution < 1.29 is 9.90 Å². The zero-order chi connectivity index (χ0) is 23.9. The lowest BCUT2D eigenvalue weighted by molar-refractivity contribution is 0.0698. The second-order valence-electron chi connectivity index (χ2n) is 9.93. The number of benzene rings is 2. The van der Waals surface area contributed by atoms with Gasteiger partial charge in [0.15, 0.2) is 0 Å². The number of aromatic carboxylic acids is 1. The van der Waals surface area contributed by atoms with Gasteiger partial charge in [-0.05, 0) is 55.9 Å². The number of piperidine rings is 1. The van der Waals surface area contributed by atoms with Gasteiger partial charge in [-0.1, -0.05) is 32.0 Å². The number of nitrogens with zero attached hydrogens (tertiary/aromatic N) is 3. The number of carbonyl (C=O) groups is 1. The first-order valence-corrected chi connectivity index (χ1v) is 11.4. The maximum absolute atomic E-state index is 13.4. The topological polar surface area (TPSA) is 87.5 Å². The molecule has 1 unspecified atom stereocenters. The summed E-state index contributed by atoms with van der Waals surface area (Å²) < 4.78 is 1.66. The Kier molecular flexibility index (Phi) is 5.91. The predicted octanol–water partition coefficient (Wildman–Crippen LogP) is 4.74. The lowest BCUT2D eigenvalue weighted by Crippen LogP contribution is -2.43. The average Bonchev–Trinajstić information content (AvgIpc) is 2.75. The third-order valence-corrected chi connectivity index (χ3v) is 6.51. The fraction of sp³-hybridized carbons (Fsp3) is 0.423. The molecule has 4 rings (SSSR count). The highest BCUT2D eigenvalue weighted by Gasteiger charge is 2.29. The molecule has 2 heterocycles. The lowest BCUT2D eigenvalue weighted by atomic mass is 9.84. The van der Waals surface area contributed by atoms with Crippen molar-refractivity contribution in [2.45, 2.75) is 46.6 Å². The van der Waals surface area contributed by atoms with Crippen molar-refractivity contribution in [3.63, 3.8) is 0 Å². The van der Waals surface area contributed by atoms with Crippen molar-refractivity contribution in [2.75, 3.05) is 23.3 Å². The van der Waals surface area contributed by atoms with E-state index in [9.17, 15) is 14.7 Å². The van der Waals surface area contributed by atoms with E-state index >= 15 is 0 Å². The fourth-order valence-corrected chi connectivity index (χ4v) is 4.85. The normalized spacial score (nSPS) is 16.6. The molecule has 174 valence electrons. The van der Waals surface area contributed by atoms with Crippen LogP contribution in [-0.4, -0.2) is 33.7 Å². The van der Waals surface area contributed by atoms with Crippen LogP contribution in [-0.2, 0) is 7.05 Å². The van der Waals surface area contributed by atoms with Crippen molar-refractivity contribution in [1.29, 1.82) is 0 Å². The smallest absolute Gasteiger partial charge is 0.337 e. The number of hydrogen-bond donors (Lipinski definition) is 2. The summed E-state index contributed by atoms with van der Waals surface area (Å²) in [6.45, 7) is 10.1. The van der Waals surface area contributed by atoms with Gasteiger partial charge in [-0.25, -0.2) is 9.78 Å². The van der Waals surface area contributed by atoms with Gasteiger partial charge >= 0.3 is 5.97 Å². The zero-order valence-corrected chi connectivity index (χ0v) is 20.0. The van der Waals surface area contributed by atoms with Crippen molar-refractivity contribution in [2.24, 2.45) is 12.5 Å². The molecule has 33 heavy (non-hydrogen) atoms. The van der Waals surface area contributed by atoms with Gasteiger partial charge < -0.3 is 15.3 Å². The van der Waals surface area contributed by atoms with E-state index in [4.69, 9.17) is 4.98 Å². The summed E-state index contributed by atoms with van der Waals surface area (Å²) in [5.41, 5.74) is 3.34. The Bertz CT molecular complexity index is 1280. The maximum Gasteiger partial charge on any atom is 0.337 e. The van der Waals surface area contributed by atoms with Crippen LogP contribution in [0.5, 0.6) is 0 Å². The number of aromatic nitrogens is 2. The number of anilines is 2. The number of nitrogens with one attached hydrogen (secondary N) is 1. The van der Waals surface area contributed by atoms with Gasteiger partial charge in [0.2, 0.25) is 5.95 Å². The van der Waals surface area contributed by atoms with E-state index < -0.39 is 5.97 Å². The molecule has 0 amide bonds. The summed E-state index contributed by atoms with van der Waals surface area (Å²) in [5.74, 6) is -0.301. The van der Waals surface area contributed by atoms with Crippen molar-refractivity contribution in [3.8, 4) is 0 Å². The summed E-state index contributed by atoms with van der Waals surface area (Å²) in [6.07, 6.45) is 2.21. The Morgan fingerprint density at radius 3 is 2.67 bits per heavy atom. The average molecular weight is 449 g/mol. The number of carboxylic acids is 1. The molecule has 3 aromatic rings. The molecule has 2 N–H and O–H groups in total. The Hall–Kier alpha value is -3.35. The van der Waals surface area contributed by atoms with Crippen LogP contribution in [0.2, 0.25) is 0 Å². The minimum Gasteiger partial charge on any atom is -0.478 e. The quantitative estimate of drug-likeness (QED) is 0.586. The Labute approximate surface area is 194 Å². The van der Waals surface area contributed by atoms with Crippen molar-refractivity contribution in [3.05, 3.63) is 63.4 Å². The maximum atomic E-state index is 13.4. The number of hydrogen-bond acceptors (Lipinski definition) is 5. The molecule has 0 radical (unpaired) electrons. The van der Waals surface area contributed by atoms with Gasteiger partial charge in [-0.3, -0.25) is 9.36 Å². The standard InChI is InChI=1S/C26H32N4O3/c1-16-13-19(17(2)27-21-10-7-6-9-18(21)24(32)33)22-20(14-16)23(31)29(5)25(28-22)30-12-8-11-26(3,4)15-30/h6-7,9-10,13-14,17,27H,8,11-12,15H2,1-5H3,(H,32,33). The molecule has 0 bridgehead atoms. The van der Waals surface area contributed by atoms with E-state index in [0.717, 1.165) is 37.1 Å². The van der Waals surface area contributed by atoms with E-state index in [1.165, 1.54) is 0 Å². The first kappa shape index (κ1) is 22.8. The van der Waals surface area contributed by atoms with Gasteiger partial charge in [0, 0.05) is 31.4 Å². The molecule has 1 aliphatic heterocycles. The summed E-state index contributed by atoms with van der Waals surface area (Å²) in [5, 5.41) is 13.5. The first-order valence-electron chi connectivity index (χ1n) is 11.4. The molecular formula is C26H32N4O3. The van der Waals surface area contributed by atoms with Crippen LogP contribution >= 0.6 is 0 Å². The minimum atomic E-state index is -0.985. The van der Waals surface area contributed by atoms with E-state index in [1.54, 1.807) is 35.9 Å². The number of fused-ring (bicyclic) bond motifs is 1. The molecular weight excluding hydrogens is 416 g/mol. The van der Waals surface area contributed by atoms with Gasteiger partial charge in [0.25, 0.3) is 5.56 Å². The zero-order valence-electron chi connectivity index (χ0n) is 20.0. The first-order chi connectivity index (χ1) is 15.6. The highest BCUT2D eigenvalue weighted by molar-refractivity contribution is 5.94. The number of rotatable bonds is 5. The van der Waals surface area contributed by atoms with Gasteiger partial charge in [-0.2, -0.15) is 0 Å². The van der Waals surface area contributed by atoms with E-state index in [1.807, 2.05) is 26.0 Å². The highest BCUT2D eigenvalue weighted by atomic mass is 16.4. The second kappa shape index (κ2) is 8.54. The number of aryl methyl sites for hydroxylation is 1. The third-order valence-electron chi connectivity index (χ3n) is 6.51. The summed E-state index contributed by atoms with van der Waals surface area (Å²) in [4.78, 5) is 32.3. The van der Waals surface area contributed by atoms with E-state index in [-0.39, 0.29) is 22.6 Å². The van der Waals surface area contributed by atoms with Crippen LogP contribution < -0.4 is 15.8 Å². The number of para-hydroxylation sites is 1.